The summed E-state index contributed by atoms with van der Waals surface area (Å²) in [6, 6.07) is 13.8. The zero-order chi connectivity index (χ0) is 16.4. The second-order valence-corrected chi connectivity index (χ2v) is 6.70. The molecule has 0 saturated heterocycles. The molecule has 1 aliphatic rings. The molecule has 7 heteroatoms. The lowest BCUT2D eigenvalue weighted by molar-refractivity contribution is 0.0995. The number of nitrogens with two attached hydrogens (primary N) is 1. The van der Waals surface area contributed by atoms with Gasteiger partial charge in [-0.2, -0.15) is 5.10 Å². The average molecular weight is 382 g/mol. The molecular formula is C17H12BrN5O. The van der Waals surface area contributed by atoms with Crippen molar-refractivity contribution in [1.29, 1.82) is 0 Å². The van der Waals surface area contributed by atoms with Crippen molar-refractivity contribution < 1.29 is 4.79 Å². The number of primary amides is 1. The zero-order valence-corrected chi connectivity index (χ0v) is 14.0. The number of nitrogens with zero attached hydrogens (tertiary/aromatic N) is 3. The van der Waals surface area contributed by atoms with Crippen LogP contribution in [0.2, 0.25) is 0 Å². The summed E-state index contributed by atoms with van der Waals surface area (Å²) in [4.78, 5) is 12.1. The monoisotopic (exact) mass is 381 g/mol. The fourth-order valence-corrected chi connectivity index (χ4v) is 3.85. The van der Waals surface area contributed by atoms with Gasteiger partial charge in [-0.05, 0) is 30.3 Å². The minimum Gasteiger partial charge on any atom is -0.364 e. The Bertz CT molecular complexity index is 1250. The first kappa shape index (κ1) is 13.6. The number of rotatable bonds is 1. The van der Waals surface area contributed by atoms with E-state index < -0.39 is 5.91 Å². The van der Waals surface area contributed by atoms with Gasteiger partial charge in [0.05, 0.1) is 16.6 Å². The molecule has 6 nitrogen and oxygen atoms in total. The summed E-state index contributed by atoms with van der Waals surface area (Å²) in [6.45, 7) is 0.580. The van der Waals surface area contributed by atoms with Crippen LogP contribution in [0.25, 0.3) is 27.3 Å². The Morgan fingerprint density at radius 2 is 2.08 bits per heavy atom. The van der Waals surface area contributed by atoms with Crippen molar-refractivity contribution in [2.45, 2.75) is 6.67 Å². The van der Waals surface area contributed by atoms with E-state index in [0.29, 0.717) is 12.4 Å². The molecule has 0 saturated carbocycles. The molecule has 0 unspecified atom stereocenters. The normalized spacial score (nSPS) is 13.2. The van der Waals surface area contributed by atoms with Crippen molar-refractivity contribution >= 4 is 49.2 Å². The highest BCUT2D eigenvalue weighted by Gasteiger charge is 2.18. The Labute approximate surface area is 144 Å². The average Bonchev–Trinajstić information content (AvgIpc) is 3.16. The largest absolute Gasteiger partial charge is 0.364 e. The smallest absolute Gasteiger partial charge is 0.265 e. The van der Waals surface area contributed by atoms with Crippen LogP contribution in [-0.4, -0.2) is 14.9 Å². The number of halogens is 1. The predicted octanol–water partition coefficient (Wildman–Crippen LogP) is 2.28. The number of carbonyl (C=O) groups excluding carboxylic acids is 1. The molecule has 1 aliphatic heterocycles. The molecule has 5 rings (SSSR count). The summed E-state index contributed by atoms with van der Waals surface area (Å²) in [6.07, 6.45) is 0. The van der Waals surface area contributed by atoms with E-state index in [4.69, 9.17) is 5.73 Å². The SMILES string of the molecule is NC(=O)c1cc2cccc3c4n(c5ccc(Br)cc5n1c23)CNN=4. The van der Waals surface area contributed by atoms with Crippen molar-refractivity contribution in [1.82, 2.24) is 14.4 Å². The molecule has 2 aromatic carbocycles. The van der Waals surface area contributed by atoms with E-state index in [1.807, 2.05) is 46.9 Å². The van der Waals surface area contributed by atoms with Crippen molar-refractivity contribution in [3.05, 3.63) is 58.1 Å². The molecule has 4 aromatic rings. The number of amides is 1. The highest BCUT2D eigenvalue weighted by Crippen LogP contribution is 2.28. The van der Waals surface area contributed by atoms with Crippen LogP contribution in [0.1, 0.15) is 10.5 Å². The number of benzene rings is 2. The quantitative estimate of drug-likeness (QED) is 0.530. The molecule has 1 amide bonds. The predicted molar refractivity (Wildman–Crippen MR) is 95.3 cm³/mol. The van der Waals surface area contributed by atoms with Crippen molar-refractivity contribution in [3.63, 3.8) is 0 Å². The van der Waals surface area contributed by atoms with E-state index in [0.717, 1.165) is 37.3 Å². The molecule has 3 heterocycles. The molecule has 0 radical (unpaired) electrons. The summed E-state index contributed by atoms with van der Waals surface area (Å²) in [5.74, 6) is -0.454. The highest BCUT2D eigenvalue weighted by molar-refractivity contribution is 9.10. The first-order valence-electron chi connectivity index (χ1n) is 7.48. The minimum atomic E-state index is -0.454. The van der Waals surface area contributed by atoms with E-state index in [2.05, 4.69) is 31.0 Å². The Morgan fingerprint density at radius 1 is 1.21 bits per heavy atom. The van der Waals surface area contributed by atoms with Gasteiger partial charge in [-0.25, -0.2) is 0 Å². The van der Waals surface area contributed by atoms with Crippen molar-refractivity contribution in [2.24, 2.45) is 10.8 Å². The van der Waals surface area contributed by atoms with Gasteiger partial charge in [0.2, 0.25) is 0 Å². The van der Waals surface area contributed by atoms with Crippen LogP contribution in [0.5, 0.6) is 0 Å². The maximum absolute atomic E-state index is 12.1. The third-order valence-electron chi connectivity index (χ3n) is 4.46. The van der Waals surface area contributed by atoms with Gasteiger partial charge >= 0.3 is 0 Å². The second-order valence-electron chi connectivity index (χ2n) is 5.79. The minimum absolute atomic E-state index is 0.454. The summed E-state index contributed by atoms with van der Waals surface area (Å²) < 4.78 is 4.98. The molecule has 0 fully saturated rings. The number of fused-ring (bicyclic) bond motifs is 5. The second kappa shape index (κ2) is 4.61. The van der Waals surface area contributed by atoms with E-state index in [-0.39, 0.29) is 0 Å². The Morgan fingerprint density at radius 3 is 2.92 bits per heavy atom. The topological polar surface area (TPSA) is 76.8 Å². The number of carbonyl (C=O) groups is 1. The number of para-hydroxylation sites is 1. The number of aromatic nitrogens is 2. The Hall–Kier alpha value is -2.80. The first-order valence-corrected chi connectivity index (χ1v) is 8.27. The lowest BCUT2D eigenvalue weighted by atomic mass is 10.2. The summed E-state index contributed by atoms with van der Waals surface area (Å²) in [5, 5.41) is 6.40. The summed E-state index contributed by atoms with van der Waals surface area (Å²) in [5.41, 5.74) is 12.8. The standard InChI is InChI=1S/C17H12BrN5O/c18-10-4-5-12-13(7-10)23-14(16(19)24)6-9-2-1-3-11(15(9)23)17-21-20-8-22(12)17/h1-7,20H,8H2,(H2,19,24). The molecule has 0 spiro atoms. The molecule has 0 bridgehead atoms. The molecule has 24 heavy (non-hydrogen) atoms. The van der Waals surface area contributed by atoms with Crippen LogP contribution < -0.4 is 16.6 Å². The van der Waals surface area contributed by atoms with Gasteiger partial charge in [0.25, 0.3) is 5.91 Å². The van der Waals surface area contributed by atoms with Gasteiger partial charge in [0.1, 0.15) is 12.4 Å². The number of nitrogens with one attached hydrogen (secondary N) is 1. The molecular weight excluding hydrogens is 370 g/mol. The van der Waals surface area contributed by atoms with Crippen LogP contribution in [-0.2, 0) is 6.67 Å². The van der Waals surface area contributed by atoms with Gasteiger partial charge in [-0.1, -0.05) is 28.1 Å². The molecule has 118 valence electrons. The molecule has 0 atom stereocenters. The number of hydrogen-bond donors (Lipinski definition) is 2. The third kappa shape index (κ3) is 1.64. The Balaban J connectivity index is 2.26. The lowest BCUT2D eigenvalue weighted by Gasteiger charge is -2.05. The maximum atomic E-state index is 12.1. The van der Waals surface area contributed by atoms with Gasteiger partial charge in [0.15, 0.2) is 5.49 Å². The van der Waals surface area contributed by atoms with Crippen LogP contribution in [0, 0.1) is 0 Å². The molecule has 3 N–H and O–H groups in total. The van der Waals surface area contributed by atoms with Crippen LogP contribution in [0.4, 0.5) is 0 Å². The van der Waals surface area contributed by atoms with Gasteiger partial charge in [-0.3, -0.25) is 10.2 Å². The molecule has 2 aromatic heterocycles. The van der Waals surface area contributed by atoms with Gasteiger partial charge in [-0.15, -0.1) is 0 Å². The fraction of sp³-hybridized carbons (Fsp3) is 0.0588. The van der Waals surface area contributed by atoms with Gasteiger partial charge in [0, 0.05) is 15.2 Å². The number of hydrogen-bond acceptors (Lipinski definition) is 3. The highest BCUT2D eigenvalue weighted by atomic mass is 79.9. The fourth-order valence-electron chi connectivity index (χ4n) is 3.50. The van der Waals surface area contributed by atoms with E-state index in [1.54, 1.807) is 0 Å². The van der Waals surface area contributed by atoms with E-state index >= 15 is 0 Å². The van der Waals surface area contributed by atoms with Crippen molar-refractivity contribution in [3.8, 4) is 0 Å². The zero-order valence-electron chi connectivity index (χ0n) is 12.5. The lowest BCUT2D eigenvalue weighted by Crippen LogP contribution is -2.15. The van der Waals surface area contributed by atoms with E-state index in [1.165, 1.54) is 0 Å². The van der Waals surface area contributed by atoms with Gasteiger partial charge < -0.3 is 14.7 Å². The van der Waals surface area contributed by atoms with Crippen LogP contribution in [0.15, 0.2) is 52.0 Å². The van der Waals surface area contributed by atoms with E-state index in [9.17, 15) is 4.79 Å². The summed E-state index contributed by atoms with van der Waals surface area (Å²) in [7, 11) is 0. The maximum Gasteiger partial charge on any atom is 0.265 e. The van der Waals surface area contributed by atoms with Crippen LogP contribution >= 0.6 is 15.9 Å². The molecule has 0 aliphatic carbocycles. The van der Waals surface area contributed by atoms with Crippen molar-refractivity contribution in [2.75, 3.05) is 0 Å². The summed E-state index contributed by atoms with van der Waals surface area (Å²) >= 11 is 3.53. The Kier molecular flexibility index (Phi) is 2.62. The first-order chi connectivity index (χ1) is 11.6. The van der Waals surface area contributed by atoms with Crippen LogP contribution in [0.3, 0.4) is 0 Å². The third-order valence-corrected chi connectivity index (χ3v) is 4.95.